The fourth-order valence-electron chi connectivity index (χ4n) is 2.14. The molecular weight excluding hydrogens is 317 g/mol. The van der Waals surface area contributed by atoms with E-state index in [2.05, 4.69) is 4.74 Å². The van der Waals surface area contributed by atoms with Crippen LogP contribution < -0.4 is 5.73 Å². The SMILES string of the molecule is COC(=O)N1CCN(C(=O)c2cc(N)c(Cl)c(Cl)c2)CC1. The van der Waals surface area contributed by atoms with E-state index < -0.39 is 0 Å². The fraction of sp³-hybridized carbons (Fsp3) is 0.385. The molecular formula is C13H15Cl2N3O3. The average Bonchev–Trinajstić information content (AvgIpc) is 2.50. The number of amides is 2. The summed E-state index contributed by atoms with van der Waals surface area (Å²) in [5.74, 6) is -0.190. The van der Waals surface area contributed by atoms with Gasteiger partial charge in [0.1, 0.15) is 0 Å². The topological polar surface area (TPSA) is 75.9 Å². The van der Waals surface area contributed by atoms with E-state index in [1.807, 2.05) is 0 Å². The molecule has 2 N–H and O–H groups in total. The van der Waals surface area contributed by atoms with Gasteiger partial charge in [-0.2, -0.15) is 0 Å². The Bertz CT molecular complexity index is 549. The molecule has 1 heterocycles. The van der Waals surface area contributed by atoms with Crippen molar-refractivity contribution in [3.63, 3.8) is 0 Å². The second kappa shape index (κ2) is 6.41. The van der Waals surface area contributed by atoms with Crippen molar-refractivity contribution in [1.29, 1.82) is 0 Å². The molecule has 1 aliphatic rings. The third kappa shape index (κ3) is 3.33. The molecule has 0 unspecified atom stereocenters. The minimum absolute atomic E-state index is 0.190. The number of anilines is 1. The van der Waals surface area contributed by atoms with Crippen molar-refractivity contribution in [2.24, 2.45) is 0 Å². The van der Waals surface area contributed by atoms with Crippen LogP contribution in [0.3, 0.4) is 0 Å². The van der Waals surface area contributed by atoms with Crippen LogP contribution in [0.5, 0.6) is 0 Å². The minimum Gasteiger partial charge on any atom is -0.453 e. The first-order valence-corrected chi connectivity index (χ1v) is 7.06. The summed E-state index contributed by atoms with van der Waals surface area (Å²) >= 11 is 11.8. The van der Waals surface area contributed by atoms with E-state index in [1.165, 1.54) is 19.2 Å². The number of nitrogens with two attached hydrogens (primary N) is 1. The highest BCUT2D eigenvalue weighted by Crippen LogP contribution is 2.30. The Kier molecular flexibility index (Phi) is 4.80. The summed E-state index contributed by atoms with van der Waals surface area (Å²) in [6.45, 7) is 1.70. The van der Waals surface area contributed by atoms with Gasteiger partial charge < -0.3 is 20.3 Å². The highest BCUT2D eigenvalue weighted by molar-refractivity contribution is 6.43. The number of piperazine rings is 1. The van der Waals surface area contributed by atoms with Gasteiger partial charge in [-0.3, -0.25) is 4.79 Å². The third-order valence-electron chi connectivity index (χ3n) is 3.30. The molecule has 1 aromatic rings. The first-order chi connectivity index (χ1) is 9.93. The Labute approximate surface area is 132 Å². The Hall–Kier alpha value is -1.66. The van der Waals surface area contributed by atoms with Crippen LogP contribution >= 0.6 is 23.2 Å². The Morgan fingerprint density at radius 1 is 1.14 bits per heavy atom. The largest absolute Gasteiger partial charge is 0.453 e. The lowest BCUT2D eigenvalue weighted by molar-refractivity contribution is 0.0600. The van der Waals surface area contributed by atoms with Crippen molar-refractivity contribution in [2.45, 2.75) is 0 Å². The molecule has 0 bridgehead atoms. The molecule has 0 spiro atoms. The monoisotopic (exact) mass is 331 g/mol. The first kappa shape index (κ1) is 15.7. The number of nitrogen functional groups attached to an aromatic ring is 1. The van der Waals surface area contributed by atoms with Crippen molar-refractivity contribution in [3.8, 4) is 0 Å². The Balaban J connectivity index is 2.07. The summed E-state index contributed by atoms with van der Waals surface area (Å²) in [6.07, 6.45) is -0.388. The number of nitrogens with zero attached hydrogens (tertiary/aromatic N) is 2. The minimum atomic E-state index is -0.388. The van der Waals surface area contributed by atoms with E-state index in [0.29, 0.717) is 31.7 Å². The summed E-state index contributed by atoms with van der Waals surface area (Å²) < 4.78 is 4.65. The molecule has 2 amide bonds. The van der Waals surface area contributed by atoms with Crippen molar-refractivity contribution in [3.05, 3.63) is 27.7 Å². The number of halogens is 2. The molecule has 1 fully saturated rings. The van der Waals surface area contributed by atoms with Crippen LogP contribution in [0.15, 0.2) is 12.1 Å². The second-order valence-electron chi connectivity index (χ2n) is 4.61. The van der Waals surface area contributed by atoms with Crippen LogP contribution in [0, 0.1) is 0 Å². The van der Waals surface area contributed by atoms with Crippen LogP contribution in [0.25, 0.3) is 0 Å². The lowest BCUT2D eigenvalue weighted by Crippen LogP contribution is -2.50. The van der Waals surface area contributed by atoms with E-state index >= 15 is 0 Å². The van der Waals surface area contributed by atoms with E-state index in [0.717, 1.165) is 0 Å². The number of carbonyl (C=O) groups excluding carboxylic acids is 2. The van der Waals surface area contributed by atoms with E-state index in [9.17, 15) is 9.59 Å². The smallest absolute Gasteiger partial charge is 0.409 e. The van der Waals surface area contributed by atoms with E-state index in [4.69, 9.17) is 28.9 Å². The van der Waals surface area contributed by atoms with Gasteiger partial charge in [0.15, 0.2) is 0 Å². The predicted molar refractivity (Wildman–Crippen MR) is 80.8 cm³/mol. The summed E-state index contributed by atoms with van der Waals surface area (Å²) in [7, 11) is 1.33. The maximum Gasteiger partial charge on any atom is 0.409 e. The van der Waals surface area contributed by atoms with Crippen LogP contribution in [-0.2, 0) is 4.74 Å². The molecule has 2 rings (SSSR count). The molecule has 0 atom stereocenters. The third-order valence-corrected chi connectivity index (χ3v) is 4.12. The summed E-state index contributed by atoms with van der Waals surface area (Å²) in [4.78, 5) is 27.0. The number of hydrogen-bond donors (Lipinski definition) is 1. The van der Waals surface area contributed by atoms with Crippen LogP contribution in [0.4, 0.5) is 10.5 Å². The van der Waals surface area contributed by atoms with Crippen molar-refractivity contribution in [2.75, 3.05) is 39.0 Å². The number of carbonyl (C=O) groups is 2. The molecule has 0 aromatic heterocycles. The predicted octanol–water partition coefficient (Wildman–Crippen LogP) is 2.10. The van der Waals surface area contributed by atoms with Gasteiger partial charge in [0, 0.05) is 31.7 Å². The van der Waals surface area contributed by atoms with Gasteiger partial charge in [0.2, 0.25) is 0 Å². The lowest BCUT2D eigenvalue weighted by Gasteiger charge is -2.33. The zero-order valence-electron chi connectivity index (χ0n) is 11.4. The van der Waals surface area contributed by atoms with Gasteiger partial charge in [0.25, 0.3) is 5.91 Å². The van der Waals surface area contributed by atoms with Crippen molar-refractivity contribution >= 4 is 40.9 Å². The summed E-state index contributed by atoms with van der Waals surface area (Å²) in [6, 6.07) is 3.00. The molecule has 8 heteroatoms. The molecule has 21 heavy (non-hydrogen) atoms. The molecule has 114 valence electrons. The van der Waals surface area contributed by atoms with Gasteiger partial charge in [0.05, 0.1) is 22.8 Å². The first-order valence-electron chi connectivity index (χ1n) is 6.30. The molecule has 1 aromatic carbocycles. The normalized spacial score (nSPS) is 15.0. The standard InChI is InChI=1S/C13H15Cl2N3O3/c1-21-13(20)18-4-2-17(3-5-18)12(19)8-6-9(14)11(15)10(16)7-8/h6-7H,2-5,16H2,1H3. The summed E-state index contributed by atoms with van der Waals surface area (Å²) in [5, 5.41) is 0.483. The molecule has 1 saturated heterocycles. The van der Waals surface area contributed by atoms with Gasteiger partial charge in [-0.25, -0.2) is 4.79 Å². The van der Waals surface area contributed by atoms with Crippen LogP contribution in [-0.4, -0.2) is 55.1 Å². The van der Waals surface area contributed by atoms with Gasteiger partial charge in [-0.1, -0.05) is 23.2 Å². The highest BCUT2D eigenvalue weighted by Gasteiger charge is 2.25. The van der Waals surface area contributed by atoms with Gasteiger partial charge in [-0.05, 0) is 12.1 Å². The second-order valence-corrected chi connectivity index (χ2v) is 5.40. The molecule has 1 aliphatic heterocycles. The zero-order chi connectivity index (χ0) is 15.6. The van der Waals surface area contributed by atoms with E-state index in [-0.39, 0.29) is 27.7 Å². The van der Waals surface area contributed by atoms with E-state index in [1.54, 1.807) is 9.80 Å². The lowest BCUT2D eigenvalue weighted by atomic mass is 10.1. The number of hydrogen-bond acceptors (Lipinski definition) is 4. The number of rotatable bonds is 1. The van der Waals surface area contributed by atoms with Crippen molar-refractivity contribution < 1.29 is 14.3 Å². The number of methoxy groups -OCH3 is 1. The number of ether oxygens (including phenoxy) is 1. The molecule has 6 nitrogen and oxygen atoms in total. The zero-order valence-corrected chi connectivity index (χ0v) is 12.9. The fourth-order valence-corrected chi connectivity index (χ4v) is 2.47. The average molecular weight is 332 g/mol. The van der Waals surface area contributed by atoms with Crippen molar-refractivity contribution in [1.82, 2.24) is 9.80 Å². The summed E-state index contributed by atoms with van der Waals surface area (Å²) in [5.41, 5.74) is 6.36. The van der Waals surface area contributed by atoms with Crippen LogP contribution in [0.2, 0.25) is 10.0 Å². The maximum atomic E-state index is 12.4. The highest BCUT2D eigenvalue weighted by atomic mass is 35.5. The molecule has 0 aliphatic carbocycles. The number of benzene rings is 1. The van der Waals surface area contributed by atoms with Gasteiger partial charge >= 0.3 is 6.09 Å². The molecule has 0 radical (unpaired) electrons. The maximum absolute atomic E-state index is 12.4. The van der Waals surface area contributed by atoms with Gasteiger partial charge in [-0.15, -0.1) is 0 Å². The Morgan fingerprint density at radius 2 is 1.71 bits per heavy atom. The quantitative estimate of drug-likeness (QED) is 0.799. The Morgan fingerprint density at radius 3 is 2.24 bits per heavy atom. The van der Waals surface area contributed by atoms with Crippen LogP contribution in [0.1, 0.15) is 10.4 Å². The molecule has 0 saturated carbocycles.